The number of carbonyl (C=O) groups is 2. The van der Waals surface area contributed by atoms with Gasteiger partial charge in [0.05, 0.1) is 15.9 Å². The molecule has 0 unspecified atom stereocenters. The number of carbonyl (C=O) groups excluding carboxylic acids is 2. The summed E-state index contributed by atoms with van der Waals surface area (Å²) in [6.45, 7) is 1.87. The van der Waals surface area contributed by atoms with Gasteiger partial charge in [-0.3, -0.25) is 4.79 Å². The molecular weight excluding hydrogens is 322 g/mol. The SMILES string of the molecule is C[C@@H](NC(=O)[C@@H]1Cc2ccccc2C(=O)O1)c1ccc(Cl)s1. The van der Waals surface area contributed by atoms with Gasteiger partial charge in [-0.2, -0.15) is 0 Å². The Kier molecular flexibility index (Phi) is 4.18. The molecule has 1 aromatic carbocycles. The molecule has 0 radical (unpaired) electrons. The van der Waals surface area contributed by atoms with Gasteiger partial charge in [0.1, 0.15) is 0 Å². The standard InChI is InChI=1S/C16H14ClNO3S/c1-9(13-6-7-14(17)22-13)18-15(19)12-8-10-4-2-3-5-11(10)16(20)21-12/h2-7,9,12H,8H2,1H3,(H,18,19)/t9-,12+/m1/s1. The van der Waals surface area contributed by atoms with E-state index in [1.807, 2.05) is 25.1 Å². The number of thiophene rings is 1. The van der Waals surface area contributed by atoms with Crippen molar-refractivity contribution in [2.75, 3.05) is 0 Å². The van der Waals surface area contributed by atoms with Gasteiger partial charge in [0.15, 0.2) is 6.10 Å². The van der Waals surface area contributed by atoms with E-state index in [-0.39, 0.29) is 11.9 Å². The molecule has 4 nitrogen and oxygen atoms in total. The number of nitrogens with one attached hydrogen (secondary N) is 1. The predicted octanol–water partition coefficient (Wildman–Crippen LogP) is 3.36. The molecule has 2 heterocycles. The Morgan fingerprint density at radius 3 is 2.86 bits per heavy atom. The highest BCUT2D eigenvalue weighted by atomic mass is 35.5. The van der Waals surface area contributed by atoms with E-state index in [1.165, 1.54) is 11.3 Å². The molecule has 3 rings (SSSR count). The van der Waals surface area contributed by atoms with Crippen LogP contribution in [-0.2, 0) is 16.0 Å². The summed E-state index contributed by atoms with van der Waals surface area (Å²) < 4.78 is 5.92. The average molecular weight is 336 g/mol. The van der Waals surface area contributed by atoms with Crippen molar-refractivity contribution in [2.45, 2.75) is 25.5 Å². The second-order valence-corrected chi connectivity index (χ2v) is 6.87. The zero-order chi connectivity index (χ0) is 15.7. The lowest BCUT2D eigenvalue weighted by atomic mass is 9.98. The summed E-state index contributed by atoms with van der Waals surface area (Å²) in [7, 11) is 0. The maximum absolute atomic E-state index is 12.3. The van der Waals surface area contributed by atoms with Gasteiger partial charge in [-0.05, 0) is 30.7 Å². The number of halogens is 1. The van der Waals surface area contributed by atoms with Crippen LogP contribution in [0.15, 0.2) is 36.4 Å². The Morgan fingerprint density at radius 2 is 2.14 bits per heavy atom. The number of fused-ring (bicyclic) bond motifs is 1. The zero-order valence-electron chi connectivity index (χ0n) is 11.8. The molecule has 1 aliphatic heterocycles. The largest absolute Gasteiger partial charge is 0.448 e. The third kappa shape index (κ3) is 3.00. The van der Waals surface area contributed by atoms with Gasteiger partial charge in [-0.25, -0.2) is 4.79 Å². The fraction of sp³-hybridized carbons (Fsp3) is 0.250. The molecule has 0 saturated carbocycles. The molecule has 0 spiro atoms. The highest BCUT2D eigenvalue weighted by molar-refractivity contribution is 7.16. The Hall–Kier alpha value is -1.85. The predicted molar refractivity (Wildman–Crippen MR) is 85.2 cm³/mol. The number of ether oxygens (including phenoxy) is 1. The van der Waals surface area contributed by atoms with Crippen molar-refractivity contribution in [1.82, 2.24) is 5.32 Å². The molecule has 0 bridgehead atoms. The fourth-order valence-corrected chi connectivity index (χ4v) is 3.48. The minimum atomic E-state index is -0.791. The van der Waals surface area contributed by atoms with E-state index in [2.05, 4.69) is 5.32 Å². The number of benzene rings is 1. The minimum Gasteiger partial charge on any atom is -0.448 e. The average Bonchev–Trinajstić information content (AvgIpc) is 2.94. The van der Waals surface area contributed by atoms with Crippen LogP contribution in [0.5, 0.6) is 0 Å². The first kappa shape index (κ1) is 15.1. The first-order chi connectivity index (χ1) is 10.5. The quantitative estimate of drug-likeness (QED) is 0.875. The van der Waals surface area contributed by atoms with E-state index < -0.39 is 12.1 Å². The van der Waals surface area contributed by atoms with Crippen molar-refractivity contribution in [2.24, 2.45) is 0 Å². The number of amides is 1. The number of hydrogen-bond donors (Lipinski definition) is 1. The van der Waals surface area contributed by atoms with Crippen LogP contribution in [-0.4, -0.2) is 18.0 Å². The highest BCUT2D eigenvalue weighted by Crippen LogP contribution is 2.27. The van der Waals surface area contributed by atoms with Crippen molar-refractivity contribution in [3.05, 3.63) is 56.7 Å². The molecule has 22 heavy (non-hydrogen) atoms. The molecule has 0 saturated heterocycles. The van der Waals surface area contributed by atoms with Gasteiger partial charge in [0, 0.05) is 11.3 Å². The number of cyclic esters (lactones) is 1. The van der Waals surface area contributed by atoms with E-state index in [0.717, 1.165) is 10.4 Å². The monoisotopic (exact) mass is 335 g/mol. The topological polar surface area (TPSA) is 55.4 Å². The Morgan fingerprint density at radius 1 is 1.36 bits per heavy atom. The van der Waals surface area contributed by atoms with Crippen LogP contribution in [0.3, 0.4) is 0 Å². The van der Waals surface area contributed by atoms with Gasteiger partial charge in [-0.15, -0.1) is 11.3 Å². The minimum absolute atomic E-state index is 0.180. The van der Waals surface area contributed by atoms with Crippen LogP contribution < -0.4 is 5.32 Å². The summed E-state index contributed by atoms with van der Waals surface area (Å²) in [4.78, 5) is 25.2. The van der Waals surface area contributed by atoms with Gasteiger partial charge in [-0.1, -0.05) is 29.8 Å². The lowest BCUT2D eigenvalue weighted by Gasteiger charge is -2.25. The Bertz CT molecular complexity index is 728. The van der Waals surface area contributed by atoms with Crippen molar-refractivity contribution in [3.8, 4) is 0 Å². The van der Waals surface area contributed by atoms with Crippen LogP contribution in [0.1, 0.15) is 33.8 Å². The van der Waals surface area contributed by atoms with Crippen LogP contribution in [0.4, 0.5) is 0 Å². The van der Waals surface area contributed by atoms with Crippen LogP contribution in [0.2, 0.25) is 4.34 Å². The second kappa shape index (κ2) is 6.10. The molecule has 6 heteroatoms. The van der Waals surface area contributed by atoms with Crippen molar-refractivity contribution < 1.29 is 14.3 Å². The third-order valence-corrected chi connectivity index (χ3v) is 4.98. The van der Waals surface area contributed by atoms with E-state index in [9.17, 15) is 9.59 Å². The van der Waals surface area contributed by atoms with Gasteiger partial charge in [0.2, 0.25) is 0 Å². The lowest BCUT2D eigenvalue weighted by molar-refractivity contribution is -0.131. The van der Waals surface area contributed by atoms with E-state index in [1.54, 1.807) is 18.2 Å². The highest BCUT2D eigenvalue weighted by Gasteiger charge is 2.31. The van der Waals surface area contributed by atoms with Crippen molar-refractivity contribution in [3.63, 3.8) is 0 Å². The summed E-state index contributed by atoms with van der Waals surface area (Å²) in [5, 5.41) is 2.87. The normalized spacial score (nSPS) is 18.3. The molecule has 0 aliphatic carbocycles. The van der Waals surface area contributed by atoms with Gasteiger partial charge < -0.3 is 10.1 Å². The van der Waals surface area contributed by atoms with Crippen LogP contribution >= 0.6 is 22.9 Å². The number of esters is 1. The summed E-state index contributed by atoms with van der Waals surface area (Å²) in [6.07, 6.45) is -0.397. The summed E-state index contributed by atoms with van der Waals surface area (Å²) in [5.74, 6) is -0.742. The van der Waals surface area contributed by atoms with E-state index >= 15 is 0 Å². The van der Waals surface area contributed by atoms with E-state index in [0.29, 0.717) is 16.3 Å². The fourth-order valence-electron chi connectivity index (χ4n) is 2.42. The van der Waals surface area contributed by atoms with Crippen LogP contribution in [0, 0.1) is 0 Å². The number of hydrogen-bond acceptors (Lipinski definition) is 4. The molecule has 2 atom stereocenters. The molecule has 1 amide bonds. The molecular formula is C16H14ClNO3S. The lowest BCUT2D eigenvalue weighted by Crippen LogP contribution is -2.42. The third-order valence-electron chi connectivity index (χ3n) is 3.56. The second-order valence-electron chi connectivity index (χ2n) is 5.13. The summed E-state index contributed by atoms with van der Waals surface area (Å²) in [5.41, 5.74) is 1.37. The van der Waals surface area contributed by atoms with E-state index in [4.69, 9.17) is 16.3 Å². The maximum Gasteiger partial charge on any atom is 0.339 e. The Balaban J connectivity index is 1.70. The first-order valence-electron chi connectivity index (χ1n) is 6.89. The molecule has 1 N–H and O–H groups in total. The number of rotatable bonds is 3. The molecule has 2 aromatic rings. The van der Waals surface area contributed by atoms with Gasteiger partial charge >= 0.3 is 5.97 Å². The molecule has 1 aliphatic rings. The van der Waals surface area contributed by atoms with Crippen molar-refractivity contribution in [1.29, 1.82) is 0 Å². The molecule has 0 fully saturated rings. The summed E-state index contributed by atoms with van der Waals surface area (Å²) >= 11 is 7.32. The molecule has 114 valence electrons. The smallest absolute Gasteiger partial charge is 0.339 e. The first-order valence-corrected chi connectivity index (χ1v) is 8.08. The molecule has 1 aromatic heterocycles. The van der Waals surface area contributed by atoms with Gasteiger partial charge in [0.25, 0.3) is 5.91 Å². The van der Waals surface area contributed by atoms with Crippen molar-refractivity contribution >= 4 is 34.8 Å². The Labute approximate surface area is 137 Å². The summed E-state index contributed by atoms with van der Waals surface area (Å²) in [6, 6.07) is 10.7. The zero-order valence-corrected chi connectivity index (χ0v) is 13.4. The van der Waals surface area contributed by atoms with Crippen LogP contribution in [0.25, 0.3) is 0 Å². The maximum atomic E-state index is 12.3.